The molecule has 16 heavy (non-hydrogen) atoms. The van der Waals surface area contributed by atoms with E-state index in [9.17, 15) is 8.78 Å². The van der Waals surface area contributed by atoms with Crippen LogP contribution in [0.15, 0.2) is 24.3 Å². The summed E-state index contributed by atoms with van der Waals surface area (Å²) < 4.78 is 25.9. The Hall–Kier alpha value is -0.960. The van der Waals surface area contributed by atoms with Crippen LogP contribution in [-0.4, -0.2) is 13.0 Å². The Morgan fingerprint density at radius 1 is 1.19 bits per heavy atom. The van der Waals surface area contributed by atoms with Gasteiger partial charge < -0.3 is 5.32 Å². The molecule has 0 heterocycles. The molecule has 0 aliphatic carbocycles. The number of hydrogen-bond donors (Lipinski definition) is 1. The van der Waals surface area contributed by atoms with E-state index in [1.807, 2.05) is 32.0 Å². The van der Waals surface area contributed by atoms with E-state index in [4.69, 9.17) is 0 Å². The Morgan fingerprint density at radius 2 is 1.88 bits per heavy atom. The third-order valence-electron chi connectivity index (χ3n) is 2.64. The van der Waals surface area contributed by atoms with Gasteiger partial charge in [-0.15, -0.1) is 0 Å². The van der Waals surface area contributed by atoms with Crippen LogP contribution in [0.5, 0.6) is 0 Å². The van der Waals surface area contributed by atoms with Gasteiger partial charge in [0.05, 0.1) is 6.04 Å². The van der Waals surface area contributed by atoms with E-state index >= 15 is 0 Å². The van der Waals surface area contributed by atoms with Crippen LogP contribution in [0.1, 0.15) is 37.4 Å². The summed E-state index contributed by atoms with van der Waals surface area (Å²) in [6.45, 7) is 4.58. The fourth-order valence-corrected chi connectivity index (χ4v) is 1.79. The Balaban J connectivity index is 2.91. The van der Waals surface area contributed by atoms with Gasteiger partial charge in [0.1, 0.15) is 0 Å². The van der Waals surface area contributed by atoms with Crippen LogP contribution >= 0.6 is 0 Å². The number of aryl methyl sites for hydroxylation is 1. The molecular formula is C13H19F2N. The number of hydrogen-bond acceptors (Lipinski definition) is 1. The Morgan fingerprint density at radius 3 is 2.44 bits per heavy atom. The molecule has 0 spiro atoms. The summed E-state index contributed by atoms with van der Waals surface area (Å²) in [6.07, 6.45) is -0.718. The fourth-order valence-electron chi connectivity index (χ4n) is 1.79. The summed E-state index contributed by atoms with van der Waals surface area (Å²) in [5.41, 5.74) is 1.73. The molecule has 0 aliphatic rings. The molecule has 1 unspecified atom stereocenters. The van der Waals surface area contributed by atoms with Crippen LogP contribution in [-0.2, 0) is 6.42 Å². The van der Waals surface area contributed by atoms with Gasteiger partial charge in [-0.1, -0.05) is 38.1 Å². The van der Waals surface area contributed by atoms with Gasteiger partial charge in [0.25, 0.3) is 6.43 Å². The lowest BCUT2D eigenvalue weighted by atomic mass is 9.99. The lowest BCUT2D eigenvalue weighted by Gasteiger charge is -2.20. The number of rotatable bonds is 6. The molecule has 1 nitrogen and oxygen atoms in total. The van der Waals surface area contributed by atoms with Crippen molar-refractivity contribution in [1.29, 1.82) is 0 Å². The molecule has 1 atom stereocenters. The van der Waals surface area contributed by atoms with Crippen LogP contribution < -0.4 is 5.32 Å². The molecule has 0 amide bonds. The van der Waals surface area contributed by atoms with Crippen molar-refractivity contribution in [3.63, 3.8) is 0 Å². The van der Waals surface area contributed by atoms with E-state index in [-0.39, 0.29) is 0 Å². The van der Waals surface area contributed by atoms with Gasteiger partial charge in [0.2, 0.25) is 0 Å². The maximum absolute atomic E-state index is 13.0. The van der Waals surface area contributed by atoms with Crippen molar-refractivity contribution in [1.82, 2.24) is 5.32 Å². The second kappa shape index (κ2) is 6.59. The highest BCUT2D eigenvalue weighted by Gasteiger charge is 2.23. The van der Waals surface area contributed by atoms with Crippen LogP contribution in [0.2, 0.25) is 0 Å². The Labute approximate surface area is 95.9 Å². The Bertz CT molecular complexity index is 313. The van der Waals surface area contributed by atoms with Crippen molar-refractivity contribution in [3.05, 3.63) is 35.4 Å². The summed E-state index contributed by atoms with van der Waals surface area (Å²) in [5.74, 6) is 0. The first-order chi connectivity index (χ1) is 7.70. The van der Waals surface area contributed by atoms with Crippen molar-refractivity contribution >= 4 is 0 Å². The Kier molecular flexibility index (Phi) is 5.39. The smallest absolute Gasteiger partial charge is 0.257 e. The zero-order valence-electron chi connectivity index (χ0n) is 9.84. The minimum Gasteiger partial charge on any atom is -0.305 e. The standard InChI is InChI=1S/C13H19F2N/c1-3-9-16-12(13(14)15)11-8-6-5-7-10(11)4-2/h5-8,12-13,16H,3-4,9H2,1-2H3. The van der Waals surface area contributed by atoms with Gasteiger partial charge in [-0.05, 0) is 30.5 Å². The highest BCUT2D eigenvalue weighted by molar-refractivity contribution is 5.30. The summed E-state index contributed by atoms with van der Waals surface area (Å²) in [7, 11) is 0. The molecule has 0 aromatic heterocycles. The molecule has 3 heteroatoms. The molecule has 0 aliphatic heterocycles. The monoisotopic (exact) mass is 227 g/mol. The summed E-state index contributed by atoms with van der Waals surface area (Å²) in [6, 6.07) is 6.58. The molecule has 1 N–H and O–H groups in total. The van der Waals surface area contributed by atoms with Gasteiger partial charge in [-0.3, -0.25) is 0 Å². The molecule has 0 bridgehead atoms. The molecule has 0 fully saturated rings. The minimum absolute atomic E-state index is 0.618. The molecule has 1 aromatic rings. The third kappa shape index (κ3) is 3.27. The summed E-state index contributed by atoms with van der Waals surface area (Å²) in [5, 5.41) is 2.91. The van der Waals surface area contributed by atoms with Crippen LogP contribution in [0.25, 0.3) is 0 Å². The van der Waals surface area contributed by atoms with E-state index < -0.39 is 12.5 Å². The van der Waals surface area contributed by atoms with E-state index in [1.54, 1.807) is 6.07 Å². The van der Waals surface area contributed by atoms with Crippen molar-refractivity contribution in [2.24, 2.45) is 0 Å². The van der Waals surface area contributed by atoms with Crippen LogP contribution in [0, 0.1) is 0 Å². The number of halogens is 2. The quantitative estimate of drug-likeness (QED) is 0.783. The average Bonchev–Trinajstić information content (AvgIpc) is 2.29. The highest BCUT2D eigenvalue weighted by atomic mass is 19.3. The molecule has 1 rings (SSSR count). The van der Waals surface area contributed by atoms with E-state index in [0.29, 0.717) is 6.54 Å². The van der Waals surface area contributed by atoms with Gasteiger partial charge in [-0.25, -0.2) is 8.78 Å². The van der Waals surface area contributed by atoms with Crippen LogP contribution in [0.3, 0.4) is 0 Å². The van der Waals surface area contributed by atoms with Crippen molar-refractivity contribution in [3.8, 4) is 0 Å². The highest BCUT2D eigenvalue weighted by Crippen LogP contribution is 2.24. The first-order valence-electron chi connectivity index (χ1n) is 5.80. The van der Waals surface area contributed by atoms with Gasteiger partial charge in [0.15, 0.2) is 0 Å². The third-order valence-corrected chi connectivity index (χ3v) is 2.64. The maximum atomic E-state index is 13.0. The lowest BCUT2D eigenvalue weighted by molar-refractivity contribution is 0.0981. The maximum Gasteiger partial charge on any atom is 0.257 e. The number of benzene rings is 1. The molecular weight excluding hydrogens is 208 g/mol. The van der Waals surface area contributed by atoms with E-state index in [0.717, 1.165) is 24.0 Å². The van der Waals surface area contributed by atoms with Gasteiger partial charge in [-0.2, -0.15) is 0 Å². The fraction of sp³-hybridized carbons (Fsp3) is 0.538. The molecule has 90 valence electrons. The van der Waals surface area contributed by atoms with Crippen molar-refractivity contribution in [2.45, 2.75) is 39.2 Å². The zero-order chi connectivity index (χ0) is 12.0. The molecule has 1 aromatic carbocycles. The molecule has 0 saturated carbocycles. The van der Waals surface area contributed by atoms with Crippen molar-refractivity contribution in [2.75, 3.05) is 6.54 Å². The average molecular weight is 227 g/mol. The van der Waals surface area contributed by atoms with Gasteiger partial charge in [0, 0.05) is 0 Å². The van der Waals surface area contributed by atoms with Crippen LogP contribution in [0.4, 0.5) is 8.78 Å². The van der Waals surface area contributed by atoms with E-state index in [2.05, 4.69) is 5.32 Å². The first kappa shape index (κ1) is 13.1. The SMILES string of the molecule is CCCNC(c1ccccc1CC)C(F)F. The molecule has 0 saturated heterocycles. The number of alkyl halides is 2. The zero-order valence-corrected chi connectivity index (χ0v) is 9.84. The van der Waals surface area contributed by atoms with Gasteiger partial charge >= 0.3 is 0 Å². The van der Waals surface area contributed by atoms with E-state index in [1.165, 1.54) is 0 Å². The largest absolute Gasteiger partial charge is 0.305 e. The second-order valence-electron chi connectivity index (χ2n) is 3.82. The second-order valence-corrected chi connectivity index (χ2v) is 3.82. The lowest BCUT2D eigenvalue weighted by Crippen LogP contribution is -2.28. The molecule has 0 radical (unpaired) electrons. The number of nitrogens with one attached hydrogen (secondary N) is 1. The normalized spacial score (nSPS) is 13.1. The minimum atomic E-state index is -2.36. The summed E-state index contributed by atoms with van der Waals surface area (Å²) >= 11 is 0. The first-order valence-corrected chi connectivity index (χ1v) is 5.80. The predicted octanol–water partition coefficient (Wildman–Crippen LogP) is 3.55. The predicted molar refractivity (Wildman–Crippen MR) is 62.9 cm³/mol. The topological polar surface area (TPSA) is 12.0 Å². The van der Waals surface area contributed by atoms with Crippen molar-refractivity contribution < 1.29 is 8.78 Å². The summed E-state index contributed by atoms with van der Waals surface area (Å²) in [4.78, 5) is 0.